The van der Waals surface area contributed by atoms with Gasteiger partial charge in [0, 0.05) is 6.54 Å². The summed E-state index contributed by atoms with van der Waals surface area (Å²) in [6.07, 6.45) is 4.40. The zero-order chi connectivity index (χ0) is 9.10. The molecule has 0 amide bonds. The number of ether oxygens (including phenoxy) is 1. The Labute approximate surface area is 75.7 Å². The van der Waals surface area contributed by atoms with E-state index < -0.39 is 0 Å². The molecule has 0 aromatic heterocycles. The fraction of sp³-hybridized carbons (Fsp3) is 0.375. The van der Waals surface area contributed by atoms with E-state index in [1.807, 2.05) is 12.2 Å². The third-order valence-corrected chi connectivity index (χ3v) is 1.79. The second-order valence-electron chi connectivity index (χ2n) is 2.73. The molecule has 0 saturated carbocycles. The number of nitrogens with zero attached hydrogens (tertiary/aromatic N) is 3. The Morgan fingerprint density at radius 3 is 3.23 bits per heavy atom. The number of hydrogen-bond acceptors (Lipinski definition) is 5. The molecular formula is C8H10N4O. The second-order valence-corrected chi connectivity index (χ2v) is 2.73. The molecule has 2 aliphatic rings. The molecule has 0 unspecified atom stereocenters. The van der Waals surface area contributed by atoms with Crippen molar-refractivity contribution in [2.24, 2.45) is 21.2 Å². The summed E-state index contributed by atoms with van der Waals surface area (Å²) in [6.45, 7) is 1.06. The summed E-state index contributed by atoms with van der Waals surface area (Å²) in [5.41, 5.74) is 7.02. The summed E-state index contributed by atoms with van der Waals surface area (Å²) in [6, 6.07) is 0. The molecule has 0 aromatic carbocycles. The van der Waals surface area contributed by atoms with Gasteiger partial charge in [-0.15, -0.1) is 10.2 Å². The fourth-order valence-corrected chi connectivity index (χ4v) is 1.17. The van der Waals surface area contributed by atoms with Gasteiger partial charge in [0.2, 0.25) is 0 Å². The van der Waals surface area contributed by atoms with Crippen LogP contribution in [0.25, 0.3) is 0 Å². The Hall–Kier alpha value is -1.49. The number of fused-ring (bicyclic) bond motifs is 1. The van der Waals surface area contributed by atoms with Gasteiger partial charge >= 0.3 is 0 Å². The zero-order valence-corrected chi connectivity index (χ0v) is 7.10. The van der Waals surface area contributed by atoms with E-state index >= 15 is 0 Å². The highest BCUT2D eigenvalue weighted by Gasteiger charge is 2.17. The van der Waals surface area contributed by atoms with Crippen LogP contribution in [0.15, 0.2) is 39.0 Å². The van der Waals surface area contributed by atoms with Crippen LogP contribution in [0.2, 0.25) is 0 Å². The van der Waals surface area contributed by atoms with E-state index in [2.05, 4.69) is 15.4 Å². The predicted octanol–water partition coefficient (Wildman–Crippen LogP) is 0.955. The van der Waals surface area contributed by atoms with Crippen LogP contribution < -0.4 is 5.73 Å². The Balaban J connectivity index is 2.03. The van der Waals surface area contributed by atoms with Gasteiger partial charge in [-0.3, -0.25) is 0 Å². The Bertz CT molecular complexity index is 327. The van der Waals surface area contributed by atoms with Gasteiger partial charge < -0.3 is 10.5 Å². The highest BCUT2D eigenvalue weighted by Crippen LogP contribution is 2.21. The van der Waals surface area contributed by atoms with Gasteiger partial charge in [-0.25, -0.2) is 0 Å². The molecule has 0 bridgehead atoms. The standard InChI is InChI=1S/C8H10N4O/c9-3-4-13-6-1-2-7-8(5-6)11-12-10-7/h1-2H,3-5,9H2. The molecule has 5 heteroatoms. The maximum atomic E-state index is 5.37. The first-order valence-corrected chi connectivity index (χ1v) is 4.12. The van der Waals surface area contributed by atoms with Gasteiger partial charge in [0.05, 0.1) is 18.7 Å². The smallest absolute Gasteiger partial charge is 0.111 e. The molecule has 0 spiro atoms. The molecule has 1 heterocycles. The van der Waals surface area contributed by atoms with E-state index in [1.54, 1.807) is 0 Å². The molecule has 1 aliphatic carbocycles. The lowest BCUT2D eigenvalue weighted by Crippen LogP contribution is -2.12. The van der Waals surface area contributed by atoms with Crippen molar-refractivity contribution in [3.63, 3.8) is 0 Å². The van der Waals surface area contributed by atoms with Crippen molar-refractivity contribution < 1.29 is 4.74 Å². The number of hydrogen-bond donors (Lipinski definition) is 1. The highest BCUT2D eigenvalue weighted by atomic mass is 16.5. The summed E-state index contributed by atoms with van der Waals surface area (Å²) in [5, 5.41) is 11.3. The molecule has 2 N–H and O–H groups in total. The van der Waals surface area contributed by atoms with Crippen molar-refractivity contribution in [2.45, 2.75) is 6.42 Å². The van der Waals surface area contributed by atoms with Crippen LogP contribution in [0.5, 0.6) is 0 Å². The number of nitrogens with two attached hydrogens (primary N) is 1. The Morgan fingerprint density at radius 1 is 1.46 bits per heavy atom. The Morgan fingerprint density at radius 2 is 2.38 bits per heavy atom. The zero-order valence-electron chi connectivity index (χ0n) is 7.10. The van der Waals surface area contributed by atoms with E-state index in [0.717, 1.165) is 17.2 Å². The van der Waals surface area contributed by atoms with Gasteiger partial charge in [-0.1, -0.05) is 0 Å². The molecule has 68 valence electrons. The average Bonchev–Trinajstić information content (AvgIpc) is 2.61. The highest BCUT2D eigenvalue weighted by molar-refractivity contribution is 6.02. The molecule has 0 atom stereocenters. The van der Waals surface area contributed by atoms with Crippen molar-refractivity contribution in [1.29, 1.82) is 0 Å². The molecule has 13 heavy (non-hydrogen) atoms. The van der Waals surface area contributed by atoms with Gasteiger partial charge in [0.15, 0.2) is 0 Å². The number of rotatable bonds is 3. The van der Waals surface area contributed by atoms with E-state index in [4.69, 9.17) is 10.5 Å². The van der Waals surface area contributed by atoms with Crippen LogP contribution in [0, 0.1) is 0 Å². The lowest BCUT2D eigenvalue weighted by atomic mass is 10.1. The van der Waals surface area contributed by atoms with Crippen LogP contribution in [0.3, 0.4) is 0 Å². The van der Waals surface area contributed by atoms with Crippen LogP contribution in [0.4, 0.5) is 0 Å². The van der Waals surface area contributed by atoms with Crippen molar-refractivity contribution in [3.8, 4) is 0 Å². The quantitative estimate of drug-likeness (QED) is 0.698. The van der Waals surface area contributed by atoms with Gasteiger partial charge in [-0.05, 0) is 17.4 Å². The van der Waals surface area contributed by atoms with Crippen molar-refractivity contribution >= 4 is 5.71 Å². The normalized spacial score (nSPS) is 19.0. The van der Waals surface area contributed by atoms with Gasteiger partial charge in [0.1, 0.15) is 11.5 Å². The minimum Gasteiger partial charge on any atom is -0.496 e. The minimum absolute atomic E-state index is 0.523. The molecule has 2 rings (SSSR count). The summed E-state index contributed by atoms with van der Waals surface area (Å²) >= 11 is 0. The lowest BCUT2D eigenvalue weighted by Gasteiger charge is -2.11. The second kappa shape index (κ2) is 3.49. The van der Waals surface area contributed by atoms with Crippen LogP contribution >= 0.6 is 0 Å². The van der Waals surface area contributed by atoms with Crippen molar-refractivity contribution in [2.75, 3.05) is 13.2 Å². The summed E-state index contributed by atoms with van der Waals surface area (Å²) in [7, 11) is 0. The first-order valence-electron chi connectivity index (χ1n) is 4.12. The monoisotopic (exact) mass is 178 g/mol. The molecule has 1 aliphatic heterocycles. The SMILES string of the molecule is NCCOC1=CC=C2N=NN=C2C1. The molecule has 0 fully saturated rings. The molecular weight excluding hydrogens is 168 g/mol. The van der Waals surface area contributed by atoms with Crippen LogP contribution in [-0.4, -0.2) is 18.9 Å². The van der Waals surface area contributed by atoms with E-state index in [0.29, 0.717) is 19.6 Å². The van der Waals surface area contributed by atoms with E-state index in [-0.39, 0.29) is 0 Å². The maximum Gasteiger partial charge on any atom is 0.111 e. The van der Waals surface area contributed by atoms with Crippen molar-refractivity contribution in [1.82, 2.24) is 0 Å². The topological polar surface area (TPSA) is 72.3 Å². The first kappa shape index (κ1) is 8.12. The van der Waals surface area contributed by atoms with E-state index in [1.165, 1.54) is 0 Å². The van der Waals surface area contributed by atoms with Crippen molar-refractivity contribution in [3.05, 3.63) is 23.6 Å². The van der Waals surface area contributed by atoms with Gasteiger partial charge in [-0.2, -0.15) is 0 Å². The molecule has 0 saturated heterocycles. The van der Waals surface area contributed by atoms with Crippen LogP contribution in [0.1, 0.15) is 6.42 Å². The molecule has 5 nitrogen and oxygen atoms in total. The lowest BCUT2D eigenvalue weighted by molar-refractivity contribution is 0.218. The largest absolute Gasteiger partial charge is 0.496 e. The van der Waals surface area contributed by atoms with Gasteiger partial charge in [0.25, 0.3) is 0 Å². The molecule has 0 radical (unpaired) electrons. The Kier molecular flexibility index (Phi) is 2.18. The van der Waals surface area contributed by atoms with Crippen LogP contribution in [-0.2, 0) is 4.74 Å². The summed E-state index contributed by atoms with van der Waals surface area (Å²) in [4.78, 5) is 0. The summed E-state index contributed by atoms with van der Waals surface area (Å²) < 4.78 is 5.37. The maximum absolute atomic E-state index is 5.37. The fourth-order valence-electron chi connectivity index (χ4n) is 1.17. The minimum atomic E-state index is 0.523. The first-order chi connectivity index (χ1) is 6.40. The predicted molar refractivity (Wildman–Crippen MR) is 48.1 cm³/mol. The average molecular weight is 178 g/mol. The third-order valence-electron chi connectivity index (χ3n) is 1.79. The third kappa shape index (κ3) is 1.65. The summed E-state index contributed by atoms with van der Waals surface area (Å²) in [5.74, 6) is 0.875. The number of allylic oxidation sites excluding steroid dienone is 4. The molecule has 0 aromatic rings. The van der Waals surface area contributed by atoms with E-state index in [9.17, 15) is 0 Å².